The number of aryl methyl sites for hydroxylation is 1. The Hall–Kier alpha value is -1.48. The molecule has 25 heavy (non-hydrogen) atoms. The summed E-state index contributed by atoms with van der Waals surface area (Å²) in [6.07, 6.45) is 0. The molecule has 0 radical (unpaired) electrons. The zero-order valence-electron chi connectivity index (χ0n) is 14.5. The molecule has 1 aliphatic heterocycles. The molecule has 0 amide bonds. The van der Waals surface area contributed by atoms with Gasteiger partial charge < -0.3 is 4.74 Å². The average molecular weight is 382 g/mol. The number of thiazole rings is 1. The van der Waals surface area contributed by atoms with E-state index >= 15 is 0 Å². The summed E-state index contributed by atoms with van der Waals surface area (Å²) in [5, 5.41) is 3.13. The molecule has 0 spiro atoms. The van der Waals surface area contributed by atoms with Crippen LogP contribution in [-0.2, 0) is 16.6 Å². The van der Waals surface area contributed by atoms with Crippen LogP contribution in [0.5, 0.6) is 5.75 Å². The number of rotatable bonds is 6. The third-order valence-electron chi connectivity index (χ3n) is 4.16. The smallest absolute Gasteiger partial charge is 0.243 e. The van der Waals surface area contributed by atoms with Gasteiger partial charge in [-0.1, -0.05) is 0 Å². The van der Waals surface area contributed by atoms with Gasteiger partial charge in [0.15, 0.2) is 0 Å². The van der Waals surface area contributed by atoms with E-state index in [2.05, 4.69) is 15.3 Å². The van der Waals surface area contributed by atoms with Gasteiger partial charge in [-0.3, -0.25) is 4.90 Å². The lowest BCUT2D eigenvalue weighted by Gasteiger charge is -2.33. The molecule has 1 aromatic carbocycles. The van der Waals surface area contributed by atoms with Crippen molar-refractivity contribution in [1.82, 2.24) is 14.2 Å². The number of nitrogens with zero attached hydrogens (tertiary/aromatic N) is 3. The van der Waals surface area contributed by atoms with Gasteiger partial charge in [0.25, 0.3) is 0 Å². The number of sulfonamides is 1. The minimum Gasteiger partial charge on any atom is -0.494 e. The normalized spacial score (nSPS) is 16.9. The minimum absolute atomic E-state index is 0.319. The number of hydrogen-bond donors (Lipinski definition) is 0. The molecule has 136 valence electrons. The highest BCUT2D eigenvalue weighted by Crippen LogP contribution is 2.21. The van der Waals surface area contributed by atoms with E-state index in [1.165, 1.54) is 0 Å². The van der Waals surface area contributed by atoms with Crippen molar-refractivity contribution in [3.8, 4) is 5.75 Å². The third kappa shape index (κ3) is 4.38. The maximum absolute atomic E-state index is 12.8. The summed E-state index contributed by atoms with van der Waals surface area (Å²) in [4.78, 5) is 7.04. The first-order valence-corrected chi connectivity index (χ1v) is 10.7. The van der Waals surface area contributed by atoms with Gasteiger partial charge in [0.05, 0.1) is 22.2 Å². The second-order valence-corrected chi connectivity index (χ2v) is 8.94. The molecule has 0 atom stereocenters. The van der Waals surface area contributed by atoms with E-state index in [0.717, 1.165) is 17.2 Å². The topological polar surface area (TPSA) is 62.7 Å². The van der Waals surface area contributed by atoms with E-state index < -0.39 is 10.0 Å². The molecular weight excluding hydrogens is 358 g/mol. The first kappa shape index (κ1) is 18.3. The lowest BCUT2D eigenvalue weighted by molar-refractivity contribution is 0.180. The zero-order valence-corrected chi connectivity index (χ0v) is 16.1. The standard InChI is InChI=1S/C17H23N3O3S2/c1-3-23-16-4-6-17(7-5-16)25(21,22)20-10-8-19(9-11-20)12-15-13-24-14(2)18-15/h4-7,13H,3,8-12H2,1-2H3. The highest BCUT2D eigenvalue weighted by Gasteiger charge is 2.28. The van der Waals surface area contributed by atoms with Crippen LogP contribution in [0.25, 0.3) is 0 Å². The van der Waals surface area contributed by atoms with E-state index in [1.807, 2.05) is 13.8 Å². The highest BCUT2D eigenvalue weighted by atomic mass is 32.2. The molecule has 8 heteroatoms. The van der Waals surface area contributed by atoms with Gasteiger partial charge in [-0.15, -0.1) is 11.3 Å². The molecule has 0 saturated carbocycles. The van der Waals surface area contributed by atoms with Crippen LogP contribution < -0.4 is 4.74 Å². The lowest BCUT2D eigenvalue weighted by Crippen LogP contribution is -2.48. The highest BCUT2D eigenvalue weighted by molar-refractivity contribution is 7.89. The predicted molar refractivity (Wildman–Crippen MR) is 98.5 cm³/mol. The molecule has 0 N–H and O–H groups in total. The molecule has 0 unspecified atom stereocenters. The van der Waals surface area contributed by atoms with E-state index in [-0.39, 0.29) is 0 Å². The Morgan fingerprint density at radius 3 is 2.40 bits per heavy atom. The van der Waals surface area contributed by atoms with Gasteiger partial charge in [0.2, 0.25) is 10.0 Å². The van der Waals surface area contributed by atoms with Crippen molar-refractivity contribution in [2.24, 2.45) is 0 Å². The van der Waals surface area contributed by atoms with Gasteiger partial charge in [0, 0.05) is 38.1 Å². The van der Waals surface area contributed by atoms with E-state index in [1.54, 1.807) is 39.9 Å². The van der Waals surface area contributed by atoms with Crippen molar-refractivity contribution in [3.05, 3.63) is 40.3 Å². The quantitative estimate of drug-likeness (QED) is 0.769. The van der Waals surface area contributed by atoms with Crippen molar-refractivity contribution < 1.29 is 13.2 Å². The molecule has 6 nitrogen and oxygen atoms in total. The first-order valence-electron chi connectivity index (χ1n) is 8.35. The second kappa shape index (κ2) is 7.82. The largest absolute Gasteiger partial charge is 0.494 e. The molecule has 0 aliphatic carbocycles. The molecule has 2 heterocycles. The average Bonchev–Trinajstić information content (AvgIpc) is 3.01. The van der Waals surface area contributed by atoms with Crippen LogP contribution in [0.2, 0.25) is 0 Å². The van der Waals surface area contributed by atoms with E-state index in [9.17, 15) is 8.42 Å². The van der Waals surface area contributed by atoms with Crippen molar-refractivity contribution in [2.75, 3.05) is 32.8 Å². The number of ether oxygens (including phenoxy) is 1. The fourth-order valence-corrected chi connectivity index (χ4v) is 4.89. The van der Waals surface area contributed by atoms with Crippen LogP contribution in [0.3, 0.4) is 0 Å². The van der Waals surface area contributed by atoms with Gasteiger partial charge >= 0.3 is 0 Å². The van der Waals surface area contributed by atoms with Gasteiger partial charge in [-0.05, 0) is 38.1 Å². The molecular formula is C17H23N3O3S2. The van der Waals surface area contributed by atoms with Crippen LogP contribution in [0.4, 0.5) is 0 Å². The second-order valence-electron chi connectivity index (χ2n) is 5.94. The van der Waals surface area contributed by atoms with Gasteiger partial charge in [0.1, 0.15) is 5.75 Å². The monoisotopic (exact) mass is 381 g/mol. The SMILES string of the molecule is CCOc1ccc(S(=O)(=O)N2CCN(Cc3csc(C)n3)CC2)cc1. The number of aromatic nitrogens is 1. The van der Waals surface area contributed by atoms with E-state index in [4.69, 9.17) is 4.74 Å². The Labute approximate surface area is 153 Å². The van der Waals surface area contributed by atoms with Crippen molar-refractivity contribution in [2.45, 2.75) is 25.3 Å². The number of hydrogen-bond acceptors (Lipinski definition) is 6. The Kier molecular flexibility index (Phi) is 5.73. The summed E-state index contributed by atoms with van der Waals surface area (Å²) in [5.74, 6) is 0.685. The first-order chi connectivity index (χ1) is 12.0. The van der Waals surface area contributed by atoms with Gasteiger partial charge in [-0.25, -0.2) is 13.4 Å². The molecule has 1 fully saturated rings. The maximum Gasteiger partial charge on any atom is 0.243 e. The summed E-state index contributed by atoms with van der Waals surface area (Å²) in [5.41, 5.74) is 1.06. The number of benzene rings is 1. The summed E-state index contributed by atoms with van der Waals surface area (Å²) < 4.78 is 32.5. The molecule has 0 bridgehead atoms. The van der Waals surface area contributed by atoms with Crippen LogP contribution in [-0.4, -0.2) is 55.4 Å². The maximum atomic E-state index is 12.8. The lowest BCUT2D eigenvalue weighted by atomic mass is 10.3. The van der Waals surface area contributed by atoms with Crippen molar-refractivity contribution in [3.63, 3.8) is 0 Å². The van der Waals surface area contributed by atoms with Crippen LogP contribution in [0.15, 0.2) is 34.5 Å². The zero-order chi connectivity index (χ0) is 17.9. The predicted octanol–water partition coefficient (Wildman–Crippen LogP) is 2.36. The van der Waals surface area contributed by atoms with Crippen LogP contribution in [0.1, 0.15) is 17.6 Å². The third-order valence-corrected chi connectivity index (χ3v) is 6.89. The van der Waals surface area contributed by atoms with Gasteiger partial charge in [-0.2, -0.15) is 4.31 Å². The van der Waals surface area contributed by atoms with Crippen molar-refractivity contribution >= 4 is 21.4 Å². The summed E-state index contributed by atoms with van der Waals surface area (Å²) >= 11 is 1.65. The molecule has 1 aromatic heterocycles. The Balaban J connectivity index is 1.60. The molecule has 2 aromatic rings. The van der Waals surface area contributed by atoms with Crippen LogP contribution in [0, 0.1) is 6.92 Å². The number of piperazine rings is 1. The summed E-state index contributed by atoms with van der Waals surface area (Å²) in [6, 6.07) is 6.64. The Bertz CT molecular complexity index is 795. The fraction of sp³-hybridized carbons (Fsp3) is 0.471. The Morgan fingerprint density at radius 1 is 1.16 bits per heavy atom. The van der Waals surface area contributed by atoms with Crippen LogP contribution >= 0.6 is 11.3 Å². The Morgan fingerprint density at radius 2 is 1.84 bits per heavy atom. The summed E-state index contributed by atoms with van der Waals surface area (Å²) in [6.45, 7) is 7.66. The molecule has 1 saturated heterocycles. The molecule has 1 aliphatic rings. The summed E-state index contributed by atoms with van der Waals surface area (Å²) in [7, 11) is -3.45. The molecule has 3 rings (SSSR count). The van der Waals surface area contributed by atoms with E-state index in [0.29, 0.717) is 43.4 Å². The minimum atomic E-state index is -3.45. The fourth-order valence-electron chi connectivity index (χ4n) is 2.86. The van der Waals surface area contributed by atoms with Crippen molar-refractivity contribution in [1.29, 1.82) is 0 Å².